The molecule has 1 atom stereocenters. The minimum atomic E-state index is -0.963. The molecular formula is C15H19NO6. The smallest absolute Gasteiger partial charge is 0.308 e. The molecule has 0 aliphatic rings. The van der Waals surface area contributed by atoms with E-state index in [-0.39, 0.29) is 24.0 Å². The zero-order valence-electron chi connectivity index (χ0n) is 13.0. The van der Waals surface area contributed by atoms with Crippen LogP contribution in [-0.4, -0.2) is 41.4 Å². The first-order valence-electron chi connectivity index (χ1n) is 6.61. The van der Waals surface area contributed by atoms with Crippen molar-refractivity contribution < 1.29 is 29.0 Å². The van der Waals surface area contributed by atoms with Gasteiger partial charge < -0.3 is 19.5 Å². The molecule has 0 aliphatic heterocycles. The zero-order valence-corrected chi connectivity index (χ0v) is 13.0. The third kappa shape index (κ3) is 5.17. The number of ether oxygens (including phenoxy) is 2. The number of benzene rings is 1. The maximum Gasteiger partial charge on any atom is 0.308 e. The van der Waals surface area contributed by atoms with Gasteiger partial charge in [-0.05, 0) is 17.7 Å². The average molecular weight is 309 g/mol. The molecule has 1 aromatic rings. The molecule has 1 aromatic carbocycles. The summed E-state index contributed by atoms with van der Waals surface area (Å²) in [5.41, 5.74) is 0.431. The molecule has 0 radical (unpaired) electrons. The van der Waals surface area contributed by atoms with Crippen LogP contribution in [0.1, 0.15) is 32.4 Å². The molecule has 0 saturated heterocycles. The summed E-state index contributed by atoms with van der Waals surface area (Å²) in [6, 6.07) is 4.36. The monoisotopic (exact) mass is 309 g/mol. The highest BCUT2D eigenvalue weighted by Gasteiger charge is 2.17. The summed E-state index contributed by atoms with van der Waals surface area (Å²) in [5, 5.41) is 10.1. The zero-order chi connectivity index (χ0) is 16.9. The van der Waals surface area contributed by atoms with Crippen LogP contribution in [0.4, 0.5) is 0 Å². The van der Waals surface area contributed by atoms with Gasteiger partial charge in [-0.25, -0.2) is 0 Å². The molecule has 7 heteroatoms. The number of carbonyl (C=O) groups is 3. The highest BCUT2D eigenvalue weighted by Crippen LogP contribution is 2.31. The minimum absolute atomic E-state index is 0.0322. The highest BCUT2D eigenvalue weighted by atomic mass is 16.6. The first-order chi connectivity index (χ1) is 10.2. The van der Waals surface area contributed by atoms with E-state index in [0.29, 0.717) is 5.56 Å². The fourth-order valence-corrected chi connectivity index (χ4v) is 1.70. The lowest BCUT2D eigenvalue weighted by molar-refractivity contribution is -0.134. The van der Waals surface area contributed by atoms with E-state index in [1.165, 1.54) is 43.9 Å². The number of likely N-dealkylation sites (N-methyl/N-ethyl adjacent to an activating group) is 1. The van der Waals surface area contributed by atoms with Gasteiger partial charge in [-0.15, -0.1) is 0 Å². The van der Waals surface area contributed by atoms with E-state index in [2.05, 4.69) is 0 Å². The molecule has 1 rings (SSSR count). The Morgan fingerprint density at radius 3 is 2.14 bits per heavy atom. The van der Waals surface area contributed by atoms with Gasteiger partial charge in [-0.3, -0.25) is 14.4 Å². The largest absolute Gasteiger partial charge is 0.423 e. The van der Waals surface area contributed by atoms with E-state index in [4.69, 9.17) is 9.47 Å². The van der Waals surface area contributed by atoms with Gasteiger partial charge in [0, 0.05) is 27.8 Å². The molecule has 0 spiro atoms. The van der Waals surface area contributed by atoms with Crippen molar-refractivity contribution in [2.24, 2.45) is 0 Å². The third-order valence-electron chi connectivity index (χ3n) is 2.84. The summed E-state index contributed by atoms with van der Waals surface area (Å²) in [6.45, 7) is 3.91. The molecule has 120 valence electrons. The van der Waals surface area contributed by atoms with Crippen LogP contribution in [0.15, 0.2) is 18.2 Å². The number of carbonyl (C=O) groups excluding carboxylic acids is 3. The molecule has 0 bridgehead atoms. The second-order valence-electron chi connectivity index (χ2n) is 4.81. The van der Waals surface area contributed by atoms with Gasteiger partial charge in [-0.2, -0.15) is 0 Å². The summed E-state index contributed by atoms with van der Waals surface area (Å²) in [7, 11) is 1.56. The van der Waals surface area contributed by atoms with Crippen molar-refractivity contribution in [1.29, 1.82) is 0 Å². The molecule has 1 N–H and O–H groups in total. The summed E-state index contributed by atoms with van der Waals surface area (Å²) < 4.78 is 9.92. The predicted molar refractivity (Wildman–Crippen MR) is 77.3 cm³/mol. The third-order valence-corrected chi connectivity index (χ3v) is 2.84. The first-order valence-corrected chi connectivity index (χ1v) is 6.61. The van der Waals surface area contributed by atoms with Gasteiger partial charge in [0.05, 0.1) is 12.6 Å². The molecule has 1 amide bonds. The minimum Gasteiger partial charge on any atom is -0.423 e. The van der Waals surface area contributed by atoms with Crippen LogP contribution in [0.3, 0.4) is 0 Å². The molecule has 7 nitrogen and oxygen atoms in total. The first kappa shape index (κ1) is 17.6. The van der Waals surface area contributed by atoms with E-state index in [1.807, 2.05) is 0 Å². The number of aliphatic hydroxyl groups is 1. The van der Waals surface area contributed by atoms with E-state index in [9.17, 15) is 19.5 Å². The summed E-state index contributed by atoms with van der Waals surface area (Å²) in [6.07, 6.45) is -0.963. The number of rotatable bonds is 5. The van der Waals surface area contributed by atoms with Crippen LogP contribution in [0.25, 0.3) is 0 Å². The van der Waals surface area contributed by atoms with E-state index in [0.717, 1.165) is 0 Å². The number of amides is 1. The Hall–Kier alpha value is -2.41. The van der Waals surface area contributed by atoms with Gasteiger partial charge >= 0.3 is 11.9 Å². The van der Waals surface area contributed by atoms with Gasteiger partial charge in [0.25, 0.3) is 0 Å². The van der Waals surface area contributed by atoms with Gasteiger partial charge in [0.15, 0.2) is 11.5 Å². The molecule has 0 saturated carbocycles. The van der Waals surface area contributed by atoms with Crippen molar-refractivity contribution >= 4 is 17.8 Å². The van der Waals surface area contributed by atoms with Crippen molar-refractivity contribution in [3.8, 4) is 11.5 Å². The molecular weight excluding hydrogens is 290 g/mol. The second kappa shape index (κ2) is 7.56. The van der Waals surface area contributed by atoms with Crippen molar-refractivity contribution in [1.82, 2.24) is 4.90 Å². The summed E-state index contributed by atoms with van der Waals surface area (Å²) in [5.74, 6) is -1.21. The SMILES string of the molecule is CC(=O)Oc1ccc(C(O)CN(C)C(C)=O)cc1OC(C)=O. The maximum atomic E-state index is 11.2. The molecule has 22 heavy (non-hydrogen) atoms. The number of aliphatic hydroxyl groups excluding tert-OH is 1. The van der Waals surface area contributed by atoms with Crippen molar-refractivity contribution in [3.05, 3.63) is 23.8 Å². The van der Waals surface area contributed by atoms with Crippen LogP contribution < -0.4 is 9.47 Å². The fraction of sp³-hybridized carbons (Fsp3) is 0.400. The maximum absolute atomic E-state index is 11.2. The van der Waals surface area contributed by atoms with Gasteiger partial charge in [-0.1, -0.05) is 6.07 Å². The number of nitrogens with zero attached hydrogens (tertiary/aromatic N) is 1. The lowest BCUT2D eigenvalue weighted by Crippen LogP contribution is -2.28. The highest BCUT2D eigenvalue weighted by molar-refractivity contribution is 5.74. The fourth-order valence-electron chi connectivity index (χ4n) is 1.70. The quantitative estimate of drug-likeness (QED) is 0.645. The average Bonchev–Trinajstić information content (AvgIpc) is 2.39. The number of hydrogen-bond acceptors (Lipinski definition) is 6. The Morgan fingerprint density at radius 2 is 1.64 bits per heavy atom. The standard InChI is InChI=1S/C15H19NO6/c1-9(17)16(4)8-13(20)12-5-6-14(21-10(2)18)15(7-12)22-11(3)19/h5-7,13,20H,8H2,1-4H3. The van der Waals surface area contributed by atoms with Crippen molar-refractivity contribution in [3.63, 3.8) is 0 Å². The van der Waals surface area contributed by atoms with E-state index < -0.39 is 18.0 Å². The van der Waals surface area contributed by atoms with Crippen LogP contribution >= 0.6 is 0 Å². The summed E-state index contributed by atoms with van der Waals surface area (Å²) in [4.78, 5) is 34.7. The van der Waals surface area contributed by atoms with Crippen LogP contribution in [-0.2, 0) is 14.4 Å². The topological polar surface area (TPSA) is 93.1 Å². The van der Waals surface area contributed by atoms with Gasteiger partial charge in [0.1, 0.15) is 0 Å². The number of esters is 2. The normalized spacial score (nSPS) is 11.5. The Labute approximate surface area is 128 Å². The van der Waals surface area contributed by atoms with E-state index >= 15 is 0 Å². The molecule has 1 unspecified atom stereocenters. The Balaban J connectivity index is 3.04. The van der Waals surface area contributed by atoms with Crippen molar-refractivity contribution in [2.45, 2.75) is 26.9 Å². The van der Waals surface area contributed by atoms with Gasteiger partial charge in [0.2, 0.25) is 5.91 Å². The summed E-state index contributed by atoms with van der Waals surface area (Å²) >= 11 is 0. The molecule has 0 heterocycles. The molecule has 0 aromatic heterocycles. The lowest BCUT2D eigenvalue weighted by Gasteiger charge is -2.20. The van der Waals surface area contributed by atoms with Crippen LogP contribution in [0, 0.1) is 0 Å². The van der Waals surface area contributed by atoms with Crippen LogP contribution in [0.2, 0.25) is 0 Å². The Kier molecular flexibility index (Phi) is 6.06. The molecule has 0 fully saturated rings. The Bertz CT molecular complexity index is 583. The van der Waals surface area contributed by atoms with Crippen molar-refractivity contribution in [2.75, 3.05) is 13.6 Å². The molecule has 0 aliphatic carbocycles. The number of hydrogen-bond donors (Lipinski definition) is 1. The Morgan fingerprint density at radius 1 is 1.09 bits per heavy atom. The second-order valence-corrected chi connectivity index (χ2v) is 4.81. The predicted octanol–water partition coefficient (Wildman–Crippen LogP) is 1.05. The lowest BCUT2D eigenvalue weighted by atomic mass is 10.1. The van der Waals surface area contributed by atoms with E-state index in [1.54, 1.807) is 7.05 Å². The van der Waals surface area contributed by atoms with Crippen LogP contribution in [0.5, 0.6) is 11.5 Å².